The van der Waals surface area contributed by atoms with Gasteiger partial charge in [0.2, 0.25) is 0 Å². The number of nitrogens with zero attached hydrogens (tertiary/aromatic N) is 3. The molecule has 1 fully saturated rings. The highest BCUT2D eigenvalue weighted by Gasteiger charge is 2.24. The molecule has 0 radical (unpaired) electrons. The van der Waals surface area contributed by atoms with Crippen molar-refractivity contribution in [1.82, 2.24) is 14.3 Å². The number of anilines is 1. The molecule has 7 nitrogen and oxygen atoms in total. The quantitative estimate of drug-likeness (QED) is 0.537. The van der Waals surface area contributed by atoms with E-state index >= 15 is 0 Å². The summed E-state index contributed by atoms with van der Waals surface area (Å²) in [6.45, 7) is 9.78. The summed E-state index contributed by atoms with van der Waals surface area (Å²) in [5, 5.41) is 16.2. The summed E-state index contributed by atoms with van der Waals surface area (Å²) >= 11 is 0. The molecular formula is C22H31N5O2. The van der Waals surface area contributed by atoms with Gasteiger partial charge in [0, 0.05) is 42.2 Å². The van der Waals surface area contributed by atoms with Crippen LogP contribution < -0.4 is 5.32 Å². The van der Waals surface area contributed by atoms with Crippen LogP contribution in [0.15, 0.2) is 31.2 Å². The van der Waals surface area contributed by atoms with Crippen LogP contribution in [0.3, 0.4) is 0 Å². The molecule has 1 saturated carbocycles. The van der Waals surface area contributed by atoms with E-state index in [0.29, 0.717) is 11.6 Å². The number of aromatic nitrogens is 3. The lowest BCUT2D eigenvalue weighted by atomic mass is 9.98. The number of hydrogen-bond acceptors (Lipinski definition) is 5. The van der Waals surface area contributed by atoms with Gasteiger partial charge >= 0.3 is 5.97 Å². The maximum Gasteiger partial charge on any atom is 0.312 e. The van der Waals surface area contributed by atoms with Crippen molar-refractivity contribution < 1.29 is 9.53 Å². The highest BCUT2D eigenvalue weighted by molar-refractivity contribution is 6.13. The van der Waals surface area contributed by atoms with Gasteiger partial charge in [-0.15, -0.1) is 0 Å². The summed E-state index contributed by atoms with van der Waals surface area (Å²) in [6, 6.07) is 1.85. The van der Waals surface area contributed by atoms with Gasteiger partial charge in [-0.25, -0.2) is 4.68 Å². The third-order valence-corrected chi connectivity index (χ3v) is 5.41. The summed E-state index contributed by atoms with van der Waals surface area (Å²) in [6.07, 6.45) is 10.2. The molecule has 0 amide bonds. The molecule has 29 heavy (non-hydrogen) atoms. The normalized spacial score (nSPS) is 14.8. The standard InChI is InChI=1S/C22H31N5O2/c1-15(16-8-6-7-9-16)27-13-17(12-25-27)19(23)18-10-11-26(20(18)24-5)14-29-21(28)22(2,3)4/h10-13,16,23-24H,1,6-9,14H2,2-5H3. The number of carbonyl (C=O) groups is 1. The fraction of sp³-hybridized carbons (Fsp3) is 0.500. The Kier molecular flexibility index (Phi) is 5.96. The SMILES string of the molecule is C=C(C1CCCC1)n1cc(C(=N)c2ccn(COC(=O)C(C)(C)C)c2NC)cn1. The van der Waals surface area contributed by atoms with Gasteiger partial charge in [0.1, 0.15) is 5.82 Å². The first-order valence-corrected chi connectivity index (χ1v) is 10.1. The van der Waals surface area contributed by atoms with Crippen LogP contribution >= 0.6 is 0 Å². The molecule has 1 aliphatic rings. The number of ether oxygens (including phenoxy) is 1. The summed E-state index contributed by atoms with van der Waals surface area (Å²) in [7, 11) is 1.79. The molecular weight excluding hydrogens is 366 g/mol. The van der Waals surface area contributed by atoms with Crippen molar-refractivity contribution in [2.45, 2.75) is 53.2 Å². The van der Waals surface area contributed by atoms with Crippen molar-refractivity contribution in [2.24, 2.45) is 11.3 Å². The molecule has 0 aliphatic heterocycles. The Hall–Kier alpha value is -2.83. The van der Waals surface area contributed by atoms with Crippen molar-refractivity contribution in [2.75, 3.05) is 12.4 Å². The Morgan fingerprint density at radius 1 is 1.38 bits per heavy atom. The predicted molar refractivity (Wildman–Crippen MR) is 115 cm³/mol. The van der Waals surface area contributed by atoms with Crippen LogP contribution in [-0.2, 0) is 16.3 Å². The van der Waals surface area contributed by atoms with Crippen LogP contribution in [0, 0.1) is 16.7 Å². The van der Waals surface area contributed by atoms with E-state index in [-0.39, 0.29) is 12.7 Å². The van der Waals surface area contributed by atoms with E-state index in [1.807, 2.05) is 39.2 Å². The maximum absolute atomic E-state index is 12.1. The van der Waals surface area contributed by atoms with E-state index in [1.165, 1.54) is 12.8 Å². The minimum absolute atomic E-state index is 0.0945. The fourth-order valence-corrected chi connectivity index (χ4v) is 3.62. The average molecular weight is 398 g/mol. The number of esters is 1. The zero-order chi connectivity index (χ0) is 21.2. The van der Waals surface area contributed by atoms with Crippen LogP contribution in [0.4, 0.5) is 5.82 Å². The summed E-state index contributed by atoms with van der Waals surface area (Å²) in [5.74, 6) is 0.930. The van der Waals surface area contributed by atoms with Gasteiger partial charge < -0.3 is 14.6 Å². The Morgan fingerprint density at radius 3 is 2.69 bits per heavy atom. The number of hydrogen-bond donors (Lipinski definition) is 2. The molecule has 0 atom stereocenters. The number of carbonyl (C=O) groups excluding carboxylic acids is 1. The molecule has 2 N–H and O–H groups in total. The topological polar surface area (TPSA) is 84.9 Å². The second-order valence-corrected chi connectivity index (χ2v) is 8.63. The first kappa shape index (κ1) is 20.9. The van der Waals surface area contributed by atoms with Gasteiger partial charge in [-0.05, 0) is 39.7 Å². The Balaban J connectivity index is 1.75. The molecule has 0 saturated heterocycles. The smallest absolute Gasteiger partial charge is 0.312 e. The molecule has 2 aromatic heterocycles. The van der Waals surface area contributed by atoms with Crippen molar-refractivity contribution in [3.63, 3.8) is 0 Å². The zero-order valence-corrected chi connectivity index (χ0v) is 17.8. The van der Waals surface area contributed by atoms with Crippen molar-refractivity contribution in [3.8, 4) is 0 Å². The number of allylic oxidation sites excluding steroid dienone is 1. The third kappa shape index (κ3) is 4.44. The number of rotatable bonds is 7. The monoisotopic (exact) mass is 397 g/mol. The van der Waals surface area contributed by atoms with Gasteiger partial charge in [-0.1, -0.05) is 19.4 Å². The maximum atomic E-state index is 12.1. The minimum Gasteiger partial charge on any atom is -0.443 e. The highest BCUT2D eigenvalue weighted by Crippen LogP contribution is 2.32. The van der Waals surface area contributed by atoms with E-state index < -0.39 is 5.41 Å². The summed E-state index contributed by atoms with van der Waals surface area (Å²) in [5.41, 5.74) is 2.26. The van der Waals surface area contributed by atoms with Crippen LogP contribution in [0.5, 0.6) is 0 Å². The molecule has 7 heteroatoms. The molecule has 2 heterocycles. The molecule has 0 aromatic carbocycles. The molecule has 2 aromatic rings. The van der Waals surface area contributed by atoms with E-state index in [9.17, 15) is 4.79 Å². The Bertz CT molecular complexity index is 910. The van der Waals surface area contributed by atoms with Gasteiger partial charge in [0.25, 0.3) is 0 Å². The van der Waals surface area contributed by atoms with Crippen LogP contribution in [0.2, 0.25) is 0 Å². The second kappa shape index (κ2) is 8.27. The van der Waals surface area contributed by atoms with Crippen molar-refractivity contribution >= 4 is 23.2 Å². The van der Waals surface area contributed by atoms with Gasteiger partial charge in [0.05, 0.1) is 17.3 Å². The van der Waals surface area contributed by atoms with E-state index in [2.05, 4.69) is 17.0 Å². The lowest BCUT2D eigenvalue weighted by Gasteiger charge is -2.18. The predicted octanol–water partition coefficient (Wildman–Crippen LogP) is 4.35. The molecule has 0 spiro atoms. The minimum atomic E-state index is -0.557. The molecule has 0 unspecified atom stereocenters. The average Bonchev–Trinajstić information content (AvgIpc) is 3.44. The number of nitrogens with one attached hydrogen (secondary N) is 2. The lowest BCUT2D eigenvalue weighted by Crippen LogP contribution is -2.24. The second-order valence-electron chi connectivity index (χ2n) is 8.63. The van der Waals surface area contributed by atoms with Crippen LogP contribution in [-0.4, -0.2) is 33.1 Å². The van der Waals surface area contributed by atoms with E-state index in [0.717, 1.165) is 35.5 Å². The van der Waals surface area contributed by atoms with Crippen molar-refractivity contribution in [1.29, 1.82) is 5.41 Å². The summed E-state index contributed by atoms with van der Waals surface area (Å²) in [4.78, 5) is 12.1. The summed E-state index contributed by atoms with van der Waals surface area (Å²) < 4.78 is 9.01. The zero-order valence-electron chi connectivity index (χ0n) is 17.8. The molecule has 156 valence electrons. The molecule has 0 bridgehead atoms. The van der Waals surface area contributed by atoms with Crippen molar-refractivity contribution in [3.05, 3.63) is 42.4 Å². The Morgan fingerprint density at radius 2 is 2.07 bits per heavy atom. The lowest BCUT2D eigenvalue weighted by molar-refractivity contribution is -0.156. The van der Waals surface area contributed by atoms with Gasteiger partial charge in [-0.3, -0.25) is 10.2 Å². The molecule has 3 rings (SSSR count). The van der Waals surface area contributed by atoms with E-state index in [4.69, 9.17) is 10.1 Å². The van der Waals surface area contributed by atoms with Crippen LogP contribution in [0.25, 0.3) is 5.70 Å². The van der Waals surface area contributed by atoms with Crippen LogP contribution in [0.1, 0.15) is 57.6 Å². The Labute approximate surface area is 172 Å². The third-order valence-electron chi connectivity index (χ3n) is 5.41. The first-order valence-electron chi connectivity index (χ1n) is 10.1. The largest absolute Gasteiger partial charge is 0.443 e. The molecule has 1 aliphatic carbocycles. The fourth-order valence-electron chi connectivity index (χ4n) is 3.62. The highest BCUT2D eigenvalue weighted by atomic mass is 16.5. The van der Waals surface area contributed by atoms with Gasteiger partial charge in [-0.2, -0.15) is 5.10 Å². The first-order chi connectivity index (χ1) is 13.7. The van der Waals surface area contributed by atoms with E-state index in [1.54, 1.807) is 22.5 Å². The van der Waals surface area contributed by atoms with Gasteiger partial charge in [0.15, 0.2) is 6.73 Å².